The Kier molecular flexibility index (Phi) is 4.62. The van der Waals surface area contributed by atoms with Crippen molar-refractivity contribution in [2.75, 3.05) is 19.7 Å². The molecule has 1 fully saturated rings. The molecule has 0 aliphatic carbocycles. The van der Waals surface area contributed by atoms with Gasteiger partial charge >= 0.3 is 0 Å². The van der Waals surface area contributed by atoms with Crippen molar-refractivity contribution in [3.8, 4) is 0 Å². The Morgan fingerprint density at radius 2 is 2.11 bits per heavy atom. The highest BCUT2D eigenvalue weighted by Crippen LogP contribution is 2.30. The number of aliphatic hydroxyl groups is 1. The van der Waals surface area contributed by atoms with E-state index in [0.29, 0.717) is 5.92 Å². The molecule has 0 amide bonds. The van der Waals surface area contributed by atoms with Crippen LogP contribution in [0.2, 0.25) is 5.02 Å². The lowest BCUT2D eigenvalue weighted by Gasteiger charge is -2.31. The van der Waals surface area contributed by atoms with E-state index in [9.17, 15) is 5.11 Å². The zero-order chi connectivity index (χ0) is 13.1. The normalized spacial score (nSPS) is 24.1. The van der Waals surface area contributed by atoms with Gasteiger partial charge in [-0.1, -0.05) is 23.7 Å². The molecule has 3 N–H and O–H groups in total. The molecule has 1 aromatic carbocycles. The van der Waals surface area contributed by atoms with Crippen LogP contribution in [0.1, 0.15) is 24.9 Å². The molecule has 0 aromatic heterocycles. The predicted molar refractivity (Wildman–Crippen MR) is 74.6 cm³/mol. The van der Waals surface area contributed by atoms with Crippen molar-refractivity contribution in [3.05, 3.63) is 34.9 Å². The van der Waals surface area contributed by atoms with Crippen LogP contribution in [0.3, 0.4) is 0 Å². The highest BCUT2D eigenvalue weighted by Gasteiger charge is 2.30. The highest BCUT2D eigenvalue weighted by atomic mass is 35.5. The third-order valence-corrected chi connectivity index (χ3v) is 3.93. The standard InChI is InChI=1S/C14H21ClN2O/c1-10(16)14(12-2-4-13(15)5-3-12)17-7-6-11(8-17)9-18/h2-5,10-11,14,18H,6-9,16H2,1H3. The molecule has 3 unspecified atom stereocenters. The SMILES string of the molecule is CC(N)C(c1ccc(Cl)cc1)N1CCC(CO)C1. The van der Waals surface area contributed by atoms with Gasteiger partial charge in [-0.25, -0.2) is 0 Å². The van der Waals surface area contributed by atoms with Gasteiger partial charge in [0.05, 0.1) is 0 Å². The van der Waals surface area contributed by atoms with Gasteiger partial charge in [-0.3, -0.25) is 4.90 Å². The summed E-state index contributed by atoms with van der Waals surface area (Å²) < 4.78 is 0. The lowest BCUT2D eigenvalue weighted by molar-refractivity contribution is 0.185. The molecule has 0 spiro atoms. The maximum absolute atomic E-state index is 9.24. The Bertz CT molecular complexity index is 380. The Morgan fingerprint density at radius 1 is 1.44 bits per heavy atom. The Balaban J connectivity index is 2.16. The summed E-state index contributed by atoms with van der Waals surface area (Å²) in [6.07, 6.45) is 1.05. The summed E-state index contributed by atoms with van der Waals surface area (Å²) in [6, 6.07) is 8.17. The van der Waals surface area contributed by atoms with Crippen LogP contribution in [0.15, 0.2) is 24.3 Å². The van der Waals surface area contributed by atoms with E-state index in [1.807, 2.05) is 31.2 Å². The summed E-state index contributed by atoms with van der Waals surface area (Å²) in [6.45, 7) is 4.22. The van der Waals surface area contributed by atoms with E-state index in [4.69, 9.17) is 17.3 Å². The molecular formula is C14H21ClN2O. The quantitative estimate of drug-likeness (QED) is 0.879. The van der Waals surface area contributed by atoms with Crippen LogP contribution < -0.4 is 5.73 Å². The van der Waals surface area contributed by atoms with E-state index in [1.165, 1.54) is 5.56 Å². The first-order valence-electron chi connectivity index (χ1n) is 6.47. The number of halogens is 1. The second-order valence-corrected chi connectivity index (χ2v) is 5.62. The molecule has 1 aromatic rings. The lowest BCUT2D eigenvalue weighted by atomic mass is 9.99. The van der Waals surface area contributed by atoms with Crippen molar-refractivity contribution in [3.63, 3.8) is 0 Å². The third-order valence-electron chi connectivity index (χ3n) is 3.68. The average molecular weight is 269 g/mol. The lowest BCUT2D eigenvalue weighted by Crippen LogP contribution is -2.38. The zero-order valence-corrected chi connectivity index (χ0v) is 11.5. The van der Waals surface area contributed by atoms with Gasteiger partial charge in [0, 0.05) is 30.3 Å². The molecule has 1 aliphatic heterocycles. The highest BCUT2D eigenvalue weighted by molar-refractivity contribution is 6.30. The van der Waals surface area contributed by atoms with Crippen LogP contribution in [0.4, 0.5) is 0 Å². The van der Waals surface area contributed by atoms with Gasteiger partial charge in [-0.2, -0.15) is 0 Å². The molecular weight excluding hydrogens is 248 g/mol. The fourth-order valence-electron chi connectivity index (χ4n) is 2.77. The Labute approximate surface area is 114 Å². The van der Waals surface area contributed by atoms with Gasteiger partial charge < -0.3 is 10.8 Å². The summed E-state index contributed by atoms with van der Waals surface area (Å²) >= 11 is 5.92. The number of aliphatic hydroxyl groups excluding tert-OH is 1. The summed E-state index contributed by atoms with van der Waals surface area (Å²) in [5.41, 5.74) is 7.34. The molecule has 2 rings (SSSR count). The number of hydrogen-bond acceptors (Lipinski definition) is 3. The third kappa shape index (κ3) is 3.04. The van der Waals surface area contributed by atoms with Crippen molar-refractivity contribution >= 4 is 11.6 Å². The number of nitrogens with zero attached hydrogens (tertiary/aromatic N) is 1. The van der Waals surface area contributed by atoms with Crippen molar-refractivity contribution in [2.24, 2.45) is 11.7 Å². The smallest absolute Gasteiger partial charge is 0.0496 e. The summed E-state index contributed by atoms with van der Waals surface area (Å²) in [5, 5.41) is 9.98. The Morgan fingerprint density at radius 3 is 2.61 bits per heavy atom. The average Bonchev–Trinajstić information content (AvgIpc) is 2.80. The molecule has 18 heavy (non-hydrogen) atoms. The van der Waals surface area contributed by atoms with E-state index >= 15 is 0 Å². The molecule has 3 atom stereocenters. The molecule has 3 nitrogen and oxygen atoms in total. The van der Waals surface area contributed by atoms with Gasteiger partial charge in [0.15, 0.2) is 0 Å². The summed E-state index contributed by atoms with van der Waals surface area (Å²) in [4.78, 5) is 2.37. The molecule has 1 aliphatic rings. The van der Waals surface area contributed by atoms with E-state index in [-0.39, 0.29) is 18.7 Å². The monoisotopic (exact) mass is 268 g/mol. The van der Waals surface area contributed by atoms with Gasteiger partial charge in [-0.05, 0) is 43.5 Å². The minimum absolute atomic E-state index is 0.0589. The minimum atomic E-state index is 0.0589. The summed E-state index contributed by atoms with van der Waals surface area (Å²) in [7, 11) is 0. The van der Waals surface area contributed by atoms with Crippen LogP contribution >= 0.6 is 11.6 Å². The van der Waals surface area contributed by atoms with Crippen molar-refractivity contribution < 1.29 is 5.11 Å². The minimum Gasteiger partial charge on any atom is -0.396 e. The number of likely N-dealkylation sites (tertiary alicyclic amines) is 1. The number of benzene rings is 1. The fraction of sp³-hybridized carbons (Fsp3) is 0.571. The van der Waals surface area contributed by atoms with Crippen molar-refractivity contribution in [1.82, 2.24) is 4.90 Å². The van der Waals surface area contributed by atoms with Crippen LogP contribution in [0.25, 0.3) is 0 Å². The molecule has 0 bridgehead atoms. The first-order valence-corrected chi connectivity index (χ1v) is 6.85. The largest absolute Gasteiger partial charge is 0.396 e. The Hall–Kier alpha value is -0.610. The van der Waals surface area contributed by atoms with Crippen LogP contribution in [-0.4, -0.2) is 35.7 Å². The zero-order valence-electron chi connectivity index (χ0n) is 10.7. The second kappa shape index (κ2) is 6.02. The molecule has 100 valence electrons. The van der Waals surface area contributed by atoms with Crippen LogP contribution in [0, 0.1) is 5.92 Å². The first kappa shape index (κ1) is 13.8. The van der Waals surface area contributed by atoms with Crippen molar-refractivity contribution in [2.45, 2.75) is 25.4 Å². The molecule has 1 saturated heterocycles. The molecule has 1 heterocycles. The van der Waals surface area contributed by atoms with Gasteiger partial charge in [0.25, 0.3) is 0 Å². The molecule has 0 radical (unpaired) electrons. The second-order valence-electron chi connectivity index (χ2n) is 5.19. The van der Waals surface area contributed by atoms with Gasteiger partial charge in [-0.15, -0.1) is 0 Å². The van der Waals surface area contributed by atoms with E-state index in [2.05, 4.69) is 4.90 Å². The van der Waals surface area contributed by atoms with Crippen LogP contribution in [-0.2, 0) is 0 Å². The van der Waals surface area contributed by atoms with Crippen LogP contribution in [0.5, 0.6) is 0 Å². The maximum atomic E-state index is 9.24. The van der Waals surface area contributed by atoms with Crippen molar-refractivity contribution in [1.29, 1.82) is 0 Å². The fourth-order valence-corrected chi connectivity index (χ4v) is 2.90. The van der Waals surface area contributed by atoms with E-state index in [0.717, 1.165) is 24.5 Å². The van der Waals surface area contributed by atoms with Gasteiger partial charge in [0.2, 0.25) is 0 Å². The van der Waals surface area contributed by atoms with E-state index < -0.39 is 0 Å². The topological polar surface area (TPSA) is 49.5 Å². The summed E-state index contributed by atoms with van der Waals surface area (Å²) in [5.74, 6) is 0.388. The first-order chi connectivity index (χ1) is 8.61. The van der Waals surface area contributed by atoms with Gasteiger partial charge in [0.1, 0.15) is 0 Å². The molecule has 4 heteroatoms. The molecule has 0 saturated carbocycles. The van der Waals surface area contributed by atoms with E-state index in [1.54, 1.807) is 0 Å². The number of hydrogen-bond donors (Lipinski definition) is 2. The number of nitrogens with two attached hydrogens (primary N) is 1. The number of rotatable bonds is 4. The maximum Gasteiger partial charge on any atom is 0.0496 e. The predicted octanol–water partition coefficient (Wildman–Crippen LogP) is 2.04.